The van der Waals surface area contributed by atoms with Gasteiger partial charge in [0.15, 0.2) is 0 Å². The van der Waals surface area contributed by atoms with E-state index in [1.54, 1.807) is 0 Å². The maximum atomic E-state index is 11.7. The van der Waals surface area contributed by atoms with Crippen molar-refractivity contribution in [2.75, 3.05) is 19.6 Å². The van der Waals surface area contributed by atoms with Gasteiger partial charge in [0.1, 0.15) is 0 Å². The largest absolute Gasteiger partial charge is 0.393 e. The van der Waals surface area contributed by atoms with Crippen molar-refractivity contribution in [3.63, 3.8) is 0 Å². The van der Waals surface area contributed by atoms with Crippen molar-refractivity contribution in [1.82, 2.24) is 15.5 Å². The highest BCUT2D eigenvalue weighted by Gasteiger charge is 2.42. The van der Waals surface area contributed by atoms with Crippen molar-refractivity contribution in [2.45, 2.75) is 38.8 Å². The van der Waals surface area contributed by atoms with E-state index >= 15 is 0 Å². The summed E-state index contributed by atoms with van der Waals surface area (Å²) in [6.45, 7) is 5.51. The molecular formula is C13H23N3O3. The molecule has 1 aliphatic carbocycles. The van der Waals surface area contributed by atoms with Crippen molar-refractivity contribution in [2.24, 2.45) is 11.8 Å². The molecule has 6 heteroatoms. The second kappa shape index (κ2) is 5.88. The van der Waals surface area contributed by atoms with E-state index in [2.05, 4.69) is 10.6 Å². The second-order valence-electron chi connectivity index (χ2n) is 5.94. The molecule has 0 aromatic heterocycles. The summed E-state index contributed by atoms with van der Waals surface area (Å²) in [5.74, 6) is 0.525. The van der Waals surface area contributed by atoms with Crippen molar-refractivity contribution in [1.29, 1.82) is 0 Å². The van der Waals surface area contributed by atoms with Crippen LogP contribution in [0.2, 0.25) is 0 Å². The third-order valence-electron chi connectivity index (χ3n) is 3.93. The average molecular weight is 269 g/mol. The maximum absolute atomic E-state index is 11.7. The Bertz CT molecular complexity index is 359. The molecule has 3 atom stereocenters. The number of urea groups is 1. The Labute approximate surface area is 113 Å². The van der Waals surface area contributed by atoms with Crippen LogP contribution in [-0.4, -0.2) is 53.7 Å². The van der Waals surface area contributed by atoms with E-state index in [0.29, 0.717) is 11.8 Å². The van der Waals surface area contributed by atoms with Gasteiger partial charge in [-0.2, -0.15) is 0 Å². The minimum atomic E-state index is -0.445. The van der Waals surface area contributed by atoms with Crippen LogP contribution in [0.15, 0.2) is 0 Å². The smallest absolute Gasteiger partial charge is 0.321 e. The highest BCUT2D eigenvalue weighted by Crippen LogP contribution is 2.37. The number of fused-ring (bicyclic) bond motifs is 1. The standard InChI is InChI=1S/C13H23N3O3/c1-8(2)14-13(19)15-12(18)7-16-5-9-3-4-11(17)10(9)6-16/h8-11,17H,3-7H2,1-2H3,(H2,14,15,18,19). The van der Waals surface area contributed by atoms with Crippen molar-refractivity contribution < 1.29 is 14.7 Å². The van der Waals surface area contributed by atoms with Gasteiger partial charge in [-0.15, -0.1) is 0 Å². The van der Waals surface area contributed by atoms with E-state index in [0.717, 1.165) is 25.9 Å². The third-order valence-corrected chi connectivity index (χ3v) is 3.93. The number of rotatable bonds is 3. The van der Waals surface area contributed by atoms with Crippen LogP contribution in [-0.2, 0) is 4.79 Å². The first-order valence-electron chi connectivity index (χ1n) is 6.96. The Morgan fingerprint density at radius 1 is 1.32 bits per heavy atom. The van der Waals surface area contributed by atoms with Crippen LogP contribution in [0.25, 0.3) is 0 Å². The number of nitrogens with zero attached hydrogens (tertiary/aromatic N) is 1. The van der Waals surface area contributed by atoms with Gasteiger partial charge in [-0.3, -0.25) is 15.0 Å². The number of hydrogen-bond acceptors (Lipinski definition) is 4. The van der Waals surface area contributed by atoms with E-state index in [1.807, 2.05) is 18.7 Å². The zero-order valence-corrected chi connectivity index (χ0v) is 11.6. The number of nitrogens with one attached hydrogen (secondary N) is 2. The van der Waals surface area contributed by atoms with Gasteiger partial charge in [0.05, 0.1) is 12.6 Å². The van der Waals surface area contributed by atoms with Crippen molar-refractivity contribution in [3.05, 3.63) is 0 Å². The van der Waals surface area contributed by atoms with E-state index in [1.165, 1.54) is 0 Å². The number of likely N-dealkylation sites (tertiary alicyclic amines) is 1. The summed E-state index contributed by atoms with van der Waals surface area (Å²) in [5.41, 5.74) is 0. The number of imide groups is 1. The number of hydrogen-bond donors (Lipinski definition) is 3. The lowest BCUT2D eigenvalue weighted by Gasteiger charge is -2.17. The van der Waals surface area contributed by atoms with Crippen LogP contribution < -0.4 is 10.6 Å². The molecule has 0 spiro atoms. The first-order chi connectivity index (χ1) is 8.95. The molecule has 0 aromatic rings. The molecule has 1 saturated heterocycles. The number of aliphatic hydroxyl groups is 1. The topological polar surface area (TPSA) is 81.7 Å². The Morgan fingerprint density at radius 3 is 2.68 bits per heavy atom. The molecule has 19 heavy (non-hydrogen) atoms. The van der Waals surface area contributed by atoms with Gasteiger partial charge in [-0.25, -0.2) is 4.79 Å². The van der Waals surface area contributed by atoms with Crippen LogP contribution in [0.4, 0.5) is 4.79 Å². The summed E-state index contributed by atoms with van der Waals surface area (Å²) < 4.78 is 0. The Kier molecular flexibility index (Phi) is 4.42. The molecule has 3 amide bonds. The summed E-state index contributed by atoms with van der Waals surface area (Å²) in [6, 6.07) is -0.437. The maximum Gasteiger partial charge on any atom is 0.321 e. The van der Waals surface area contributed by atoms with Crippen LogP contribution in [0.5, 0.6) is 0 Å². The number of carbonyl (C=O) groups is 2. The van der Waals surface area contributed by atoms with E-state index in [4.69, 9.17) is 0 Å². The first-order valence-corrected chi connectivity index (χ1v) is 6.96. The molecule has 3 unspecified atom stereocenters. The molecular weight excluding hydrogens is 246 g/mol. The average Bonchev–Trinajstić information content (AvgIpc) is 2.79. The monoisotopic (exact) mass is 269 g/mol. The summed E-state index contributed by atoms with van der Waals surface area (Å²) in [7, 11) is 0. The molecule has 0 bridgehead atoms. The lowest BCUT2D eigenvalue weighted by atomic mass is 10.00. The molecule has 1 aliphatic heterocycles. The normalized spacial score (nSPS) is 30.4. The molecule has 3 N–H and O–H groups in total. The van der Waals surface area contributed by atoms with E-state index < -0.39 is 6.03 Å². The van der Waals surface area contributed by atoms with Crippen LogP contribution in [0.3, 0.4) is 0 Å². The van der Waals surface area contributed by atoms with Gasteiger partial charge in [0.25, 0.3) is 0 Å². The predicted octanol–water partition coefficient (Wildman–Crippen LogP) is -0.0767. The predicted molar refractivity (Wildman–Crippen MR) is 70.5 cm³/mol. The van der Waals surface area contributed by atoms with Gasteiger partial charge >= 0.3 is 6.03 Å². The fourth-order valence-electron chi connectivity index (χ4n) is 3.13. The number of carbonyl (C=O) groups excluding carboxylic acids is 2. The number of amides is 3. The third kappa shape index (κ3) is 3.67. The molecule has 2 rings (SSSR count). The van der Waals surface area contributed by atoms with Gasteiger partial charge in [0, 0.05) is 25.0 Å². The minimum Gasteiger partial charge on any atom is -0.393 e. The molecule has 2 fully saturated rings. The molecule has 1 heterocycles. The van der Waals surface area contributed by atoms with Gasteiger partial charge in [-0.1, -0.05) is 0 Å². The summed E-state index contributed by atoms with van der Waals surface area (Å²) >= 11 is 0. The Balaban J connectivity index is 1.74. The Morgan fingerprint density at radius 2 is 2.05 bits per heavy atom. The lowest BCUT2D eigenvalue weighted by molar-refractivity contribution is -0.121. The minimum absolute atomic E-state index is 0.00842. The van der Waals surface area contributed by atoms with E-state index in [9.17, 15) is 14.7 Å². The first kappa shape index (κ1) is 14.3. The summed E-state index contributed by atoms with van der Waals surface area (Å²) in [5, 5.41) is 14.7. The SMILES string of the molecule is CC(C)NC(=O)NC(=O)CN1CC2CCC(O)C2C1. The highest BCUT2D eigenvalue weighted by atomic mass is 16.3. The molecule has 2 aliphatic rings. The summed E-state index contributed by atoms with van der Waals surface area (Å²) in [4.78, 5) is 25.1. The van der Waals surface area contributed by atoms with Gasteiger partial charge in [0.2, 0.25) is 5.91 Å². The van der Waals surface area contributed by atoms with E-state index in [-0.39, 0.29) is 24.6 Å². The molecule has 0 radical (unpaired) electrons. The zero-order valence-electron chi connectivity index (χ0n) is 11.6. The van der Waals surface area contributed by atoms with Crippen LogP contribution in [0, 0.1) is 11.8 Å². The zero-order chi connectivity index (χ0) is 14.0. The van der Waals surface area contributed by atoms with Gasteiger partial charge < -0.3 is 10.4 Å². The molecule has 6 nitrogen and oxygen atoms in total. The van der Waals surface area contributed by atoms with Crippen LogP contribution >= 0.6 is 0 Å². The quantitative estimate of drug-likeness (QED) is 0.669. The fraction of sp³-hybridized carbons (Fsp3) is 0.846. The van der Waals surface area contributed by atoms with Crippen LogP contribution in [0.1, 0.15) is 26.7 Å². The second-order valence-corrected chi connectivity index (χ2v) is 5.94. The molecule has 0 aromatic carbocycles. The molecule has 108 valence electrons. The van der Waals surface area contributed by atoms with Crippen molar-refractivity contribution >= 4 is 11.9 Å². The highest BCUT2D eigenvalue weighted by molar-refractivity contribution is 5.95. The fourth-order valence-corrected chi connectivity index (χ4v) is 3.13. The number of aliphatic hydroxyl groups excluding tert-OH is 1. The summed E-state index contributed by atoms with van der Waals surface area (Å²) in [6.07, 6.45) is 1.70. The Hall–Kier alpha value is -1.14. The molecule has 1 saturated carbocycles. The lowest BCUT2D eigenvalue weighted by Crippen LogP contribution is -2.46. The van der Waals surface area contributed by atoms with Gasteiger partial charge in [-0.05, 0) is 32.6 Å². The van der Waals surface area contributed by atoms with Crippen molar-refractivity contribution in [3.8, 4) is 0 Å².